The number of benzene rings is 1. The molecule has 7 nitrogen and oxygen atoms in total. The van der Waals surface area contributed by atoms with Crippen molar-refractivity contribution < 1.29 is 14.4 Å². The summed E-state index contributed by atoms with van der Waals surface area (Å²) in [6.07, 6.45) is 1.44. The minimum absolute atomic E-state index is 0.0342. The molecule has 0 bridgehead atoms. The number of nitrogens with zero attached hydrogens (tertiary/aromatic N) is 2. The molecule has 0 spiro atoms. The number of aromatic nitrogens is 2. The van der Waals surface area contributed by atoms with Crippen LogP contribution < -0.4 is 10.9 Å². The second-order valence-electron chi connectivity index (χ2n) is 9.98. The fourth-order valence-corrected chi connectivity index (χ4v) is 5.29. The number of piperidine rings is 1. The van der Waals surface area contributed by atoms with Crippen molar-refractivity contribution in [3.8, 4) is 0 Å². The number of rotatable bonds is 6. The summed E-state index contributed by atoms with van der Waals surface area (Å²) in [5, 5.41) is 4.85. The first-order valence-electron chi connectivity index (χ1n) is 11.6. The van der Waals surface area contributed by atoms with Crippen molar-refractivity contribution in [1.82, 2.24) is 14.9 Å². The lowest BCUT2D eigenvalue weighted by molar-refractivity contribution is -0.125. The van der Waals surface area contributed by atoms with Crippen LogP contribution in [0.3, 0.4) is 0 Å². The van der Waals surface area contributed by atoms with Crippen molar-refractivity contribution in [2.24, 2.45) is 0 Å². The van der Waals surface area contributed by atoms with Crippen molar-refractivity contribution in [1.29, 1.82) is 0 Å². The Balaban J connectivity index is 1.52. The number of amides is 1. The zero-order chi connectivity index (χ0) is 25.5. The van der Waals surface area contributed by atoms with Gasteiger partial charge in [-0.15, -0.1) is 11.3 Å². The Hall–Kier alpha value is -3.39. The maximum atomic E-state index is 13.2. The van der Waals surface area contributed by atoms with Crippen molar-refractivity contribution in [3.63, 3.8) is 0 Å². The standard InChI is InChI=1S/C27H29N3O4S/c1-15-6-11-20(25(33)28-15)30-16(2)29-23-19(26(30)34)14-35-22(23)13-12-21(31)24(32)17-7-9-18(10-8-17)27(3,4)5/h7-10,14,20H,1,6,11-13H2,2-5H3,(H,28,33). The smallest absolute Gasteiger partial charge is 0.262 e. The molecule has 1 N–H and O–H groups in total. The largest absolute Gasteiger partial charge is 0.329 e. The molecule has 1 amide bonds. The van der Waals surface area contributed by atoms with E-state index in [0.29, 0.717) is 47.3 Å². The molecule has 2 aromatic heterocycles. The topological polar surface area (TPSA) is 98.1 Å². The van der Waals surface area contributed by atoms with E-state index in [1.807, 2.05) is 12.1 Å². The van der Waals surface area contributed by atoms with E-state index in [4.69, 9.17) is 0 Å². The fraction of sp³-hybridized carbons (Fsp3) is 0.370. The van der Waals surface area contributed by atoms with E-state index in [0.717, 1.165) is 10.4 Å². The number of ketones is 2. The number of carbonyl (C=O) groups is 3. The van der Waals surface area contributed by atoms with Crippen molar-refractivity contribution in [2.45, 2.75) is 64.8 Å². The third-order valence-corrected chi connectivity index (χ3v) is 7.42. The van der Waals surface area contributed by atoms with Gasteiger partial charge in [0.2, 0.25) is 17.5 Å². The van der Waals surface area contributed by atoms with Gasteiger partial charge in [-0.1, -0.05) is 51.6 Å². The molecule has 0 radical (unpaired) electrons. The predicted molar refractivity (Wildman–Crippen MR) is 137 cm³/mol. The Labute approximate surface area is 207 Å². The summed E-state index contributed by atoms with van der Waals surface area (Å²) in [6.45, 7) is 11.8. The lowest BCUT2D eigenvalue weighted by Crippen LogP contribution is -2.41. The molecule has 0 saturated carbocycles. The summed E-state index contributed by atoms with van der Waals surface area (Å²) in [6, 6.07) is 6.54. The second kappa shape index (κ2) is 9.34. The van der Waals surface area contributed by atoms with Crippen LogP contribution in [0.25, 0.3) is 10.9 Å². The molecule has 1 saturated heterocycles. The molecule has 1 atom stereocenters. The molecular formula is C27H29N3O4S. The van der Waals surface area contributed by atoms with Crippen LogP contribution >= 0.6 is 11.3 Å². The van der Waals surface area contributed by atoms with E-state index in [-0.39, 0.29) is 23.3 Å². The molecule has 1 aliphatic rings. The maximum Gasteiger partial charge on any atom is 0.262 e. The van der Waals surface area contributed by atoms with Gasteiger partial charge in [0.05, 0.1) is 10.9 Å². The van der Waals surface area contributed by atoms with Crippen LogP contribution in [0.15, 0.2) is 46.7 Å². The zero-order valence-corrected chi connectivity index (χ0v) is 21.3. The number of aryl methyl sites for hydroxylation is 2. The molecule has 3 aromatic rings. The highest BCUT2D eigenvalue weighted by Gasteiger charge is 2.29. The highest BCUT2D eigenvalue weighted by atomic mass is 32.1. The van der Waals surface area contributed by atoms with Gasteiger partial charge in [-0.2, -0.15) is 0 Å². The summed E-state index contributed by atoms with van der Waals surface area (Å²) in [7, 11) is 0. The average Bonchev–Trinajstić information content (AvgIpc) is 3.20. The number of carbonyl (C=O) groups excluding carboxylic acids is 3. The molecule has 182 valence electrons. The highest BCUT2D eigenvalue weighted by molar-refractivity contribution is 7.11. The molecule has 4 rings (SSSR count). The number of hydrogen-bond donors (Lipinski definition) is 1. The van der Waals surface area contributed by atoms with Crippen molar-refractivity contribution in [2.75, 3.05) is 0 Å². The lowest BCUT2D eigenvalue weighted by atomic mass is 9.86. The summed E-state index contributed by atoms with van der Waals surface area (Å²) in [5.74, 6) is -0.805. The van der Waals surface area contributed by atoms with Gasteiger partial charge in [0, 0.05) is 27.9 Å². The van der Waals surface area contributed by atoms with Gasteiger partial charge >= 0.3 is 0 Å². The Morgan fingerprint density at radius 1 is 1.20 bits per heavy atom. The van der Waals surface area contributed by atoms with Crippen LogP contribution in [-0.2, 0) is 21.4 Å². The number of allylic oxidation sites excluding steroid dienone is 1. The van der Waals surface area contributed by atoms with E-state index in [2.05, 4.69) is 37.7 Å². The quantitative estimate of drug-likeness (QED) is 0.407. The van der Waals surface area contributed by atoms with Crippen molar-refractivity contribution >= 4 is 39.7 Å². The lowest BCUT2D eigenvalue weighted by Gasteiger charge is -2.26. The molecule has 1 unspecified atom stereocenters. The van der Waals surface area contributed by atoms with Crippen LogP contribution in [0, 0.1) is 6.92 Å². The van der Waals surface area contributed by atoms with Crippen LogP contribution in [0.2, 0.25) is 0 Å². The third kappa shape index (κ3) is 4.89. The second-order valence-corrected chi connectivity index (χ2v) is 10.9. The predicted octanol–water partition coefficient (Wildman–Crippen LogP) is 4.41. The first-order valence-corrected chi connectivity index (χ1v) is 12.5. The maximum absolute atomic E-state index is 13.2. The van der Waals surface area contributed by atoms with Gasteiger partial charge in [-0.25, -0.2) is 4.98 Å². The van der Waals surface area contributed by atoms with E-state index in [1.165, 1.54) is 15.9 Å². The third-order valence-electron chi connectivity index (χ3n) is 6.39. The molecule has 35 heavy (non-hydrogen) atoms. The number of nitrogens with one attached hydrogen (secondary N) is 1. The molecule has 1 aromatic carbocycles. The molecule has 1 fully saturated rings. The summed E-state index contributed by atoms with van der Waals surface area (Å²) >= 11 is 1.34. The van der Waals surface area contributed by atoms with Gasteiger partial charge in [-0.05, 0) is 37.2 Å². The Bertz CT molecular complexity index is 1410. The highest BCUT2D eigenvalue weighted by Crippen LogP contribution is 2.27. The van der Waals surface area contributed by atoms with Gasteiger partial charge in [0.15, 0.2) is 0 Å². The Morgan fingerprint density at radius 3 is 2.51 bits per heavy atom. The monoisotopic (exact) mass is 491 g/mol. The van der Waals surface area contributed by atoms with Gasteiger partial charge in [0.25, 0.3) is 5.56 Å². The minimum atomic E-state index is -0.628. The number of thiophene rings is 1. The van der Waals surface area contributed by atoms with Crippen LogP contribution in [-0.4, -0.2) is 27.0 Å². The summed E-state index contributed by atoms with van der Waals surface area (Å²) < 4.78 is 1.44. The van der Waals surface area contributed by atoms with Gasteiger partial charge in [-0.3, -0.25) is 23.7 Å². The van der Waals surface area contributed by atoms with Crippen LogP contribution in [0.5, 0.6) is 0 Å². The zero-order valence-electron chi connectivity index (χ0n) is 20.4. The molecule has 1 aliphatic heterocycles. The Morgan fingerprint density at radius 2 is 1.89 bits per heavy atom. The molecular weight excluding hydrogens is 462 g/mol. The summed E-state index contributed by atoms with van der Waals surface area (Å²) in [5.41, 5.74) is 2.34. The van der Waals surface area contributed by atoms with E-state index < -0.39 is 17.6 Å². The van der Waals surface area contributed by atoms with Crippen molar-refractivity contribution in [3.05, 3.63) is 74.1 Å². The van der Waals surface area contributed by atoms with Gasteiger partial charge in [0.1, 0.15) is 11.9 Å². The van der Waals surface area contributed by atoms with Crippen LogP contribution in [0.1, 0.15) is 72.7 Å². The number of Topliss-reactive ketones (excluding diaryl/α,β-unsaturated/α-hetero) is 2. The number of hydrogen-bond acceptors (Lipinski definition) is 6. The average molecular weight is 492 g/mol. The molecule has 0 aliphatic carbocycles. The van der Waals surface area contributed by atoms with E-state index in [9.17, 15) is 19.2 Å². The van der Waals surface area contributed by atoms with E-state index >= 15 is 0 Å². The van der Waals surface area contributed by atoms with Gasteiger partial charge < -0.3 is 5.32 Å². The Kier molecular flexibility index (Phi) is 6.60. The minimum Gasteiger partial charge on any atom is -0.329 e. The first kappa shape index (κ1) is 24.7. The van der Waals surface area contributed by atoms with Crippen LogP contribution in [0.4, 0.5) is 0 Å². The summed E-state index contributed by atoms with van der Waals surface area (Å²) in [4.78, 5) is 56.3. The SMILES string of the molecule is C=C1CCC(n2c(C)nc3c(CCC(=O)C(=O)c4ccc(C(C)(C)C)cc4)scc3c2=O)C(=O)N1. The molecule has 3 heterocycles. The van der Waals surface area contributed by atoms with E-state index in [1.54, 1.807) is 24.4 Å². The first-order chi connectivity index (χ1) is 16.5. The fourth-order valence-electron chi connectivity index (χ4n) is 4.33. The normalized spacial score (nSPS) is 16.4. The molecule has 8 heteroatoms. The number of fused-ring (bicyclic) bond motifs is 1.